The summed E-state index contributed by atoms with van der Waals surface area (Å²) < 4.78 is 5.16. The molecule has 5 heteroatoms. The van der Waals surface area contributed by atoms with Crippen molar-refractivity contribution >= 4 is 5.97 Å². The zero-order chi connectivity index (χ0) is 15.7. The van der Waals surface area contributed by atoms with E-state index in [1.807, 2.05) is 12.1 Å². The van der Waals surface area contributed by atoms with Gasteiger partial charge in [0.25, 0.3) is 0 Å². The molecular formula is C17H20N2O3. The highest BCUT2D eigenvalue weighted by Gasteiger charge is 2.54. The van der Waals surface area contributed by atoms with Gasteiger partial charge >= 0.3 is 5.97 Å². The molecule has 0 spiro atoms. The number of hydrogen-bond acceptors (Lipinski definition) is 4. The molecule has 116 valence electrons. The largest absolute Gasteiger partial charge is 0.495 e. The normalized spacial score (nSPS) is 27.4. The number of likely N-dealkylation sites (tertiary alicyclic amines) is 1. The molecular weight excluding hydrogens is 280 g/mol. The number of aliphatic carboxylic acids is 1. The van der Waals surface area contributed by atoms with E-state index >= 15 is 0 Å². The van der Waals surface area contributed by atoms with Gasteiger partial charge in [0.15, 0.2) is 0 Å². The number of carbonyl (C=O) groups is 1. The summed E-state index contributed by atoms with van der Waals surface area (Å²) in [7, 11) is 1.55. The quantitative estimate of drug-likeness (QED) is 0.923. The summed E-state index contributed by atoms with van der Waals surface area (Å²) in [5, 5.41) is 18.8. The van der Waals surface area contributed by atoms with Crippen LogP contribution >= 0.6 is 0 Å². The SMILES string of the molecule is COc1ccc(CN2C[C@@H]3CCC[C@@]3(C(=O)O)C2)cc1C#N. The minimum Gasteiger partial charge on any atom is -0.495 e. The van der Waals surface area contributed by atoms with Gasteiger partial charge in [-0.15, -0.1) is 0 Å². The number of nitriles is 1. The smallest absolute Gasteiger partial charge is 0.311 e. The van der Waals surface area contributed by atoms with Gasteiger partial charge in [-0.05, 0) is 36.5 Å². The third-order valence-corrected chi connectivity index (χ3v) is 5.16. The van der Waals surface area contributed by atoms with Gasteiger partial charge in [0.05, 0.1) is 18.1 Å². The average molecular weight is 300 g/mol. The van der Waals surface area contributed by atoms with Crippen LogP contribution in [0.15, 0.2) is 18.2 Å². The summed E-state index contributed by atoms with van der Waals surface area (Å²) in [6.07, 6.45) is 2.82. The molecule has 0 amide bonds. The Morgan fingerprint density at radius 3 is 3.05 bits per heavy atom. The number of nitrogens with zero attached hydrogens (tertiary/aromatic N) is 2. The first kappa shape index (κ1) is 14.9. The molecule has 1 aliphatic carbocycles. The number of methoxy groups -OCH3 is 1. The fourth-order valence-corrected chi connectivity index (χ4v) is 4.06. The van der Waals surface area contributed by atoms with Crippen LogP contribution in [-0.4, -0.2) is 36.2 Å². The van der Waals surface area contributed by atoms with Crippen LogP contribution in [0, 0.1) is 22.7 Å². The number of carboxylic acids is 1. The molecule has 1 saturated heterocycles. The molecule has 5 nitrogen and oxygen atoms in total. The highest BCUT2D eigenvalue weighted by atomic mass is 16.5. The van der Waals surface area contributed by atoms with Crippen LogP contribution in [0.2, 0.25) is 0 Å². The Morgan fingerprint density at radius 1 is 1.59 bits per heavy atom. The van der Waals surface area contributed by atoms with E-state index in [9.17, 15) is 9.90 Å². The van der Waals surface area contributed by atoms with E-state index in [4.69, 9.17) is 10.00 Å². The Hall–Kier alpha value is -2.06. The molecule has 0 radical (unpaired) electrons. The highest BCUT2D eigenvalue weighted by Crippen LogP contribution is 2.49. The van der Waals surface area contributed by atoms with Crippen LogP contribution in [0.25, 0.3) is 0 Å². The molecule has 1 aliphatic heterocycles. The first-order chi connectivity index (χ1) is 10.6. The van der Waals surface area contributed by atoms with Crippen molar-refractivity contribution < 1.29 is 14.6 Å². The summed E-state index contributed by atoms with van der Waals surface area (Å²) in [5.41, 5.74) is 0.995. The van der Waals surface area contributed by atoms with Gasteiger partial charge in [0.2, 0.25) is 0 Å². The second-order valence-electron chi connectivity index (χ2n) is 6.37. The molecule has 1 saturated carbocycles. The van der Waals surface area contributed by atoms with Gasteiger partial charge in [-0.1, -0.05) is 12.5 Å². The first-order valence-electron chi connectivity index (χ1n) is 7.62. The van der Waals surface area contributed by atoms with Crippen LogP contribution in [0.5, 0.6) is 5.75 Å². The molecule has 2 fully saturated rings. The van der Waals surface area contributed by atoms with Crippen molar-refractivity contribution in [1.82, 2.24) is 4.90 Å². The van der Waals surface area contributed by atoms with Gasteiger partial charge in [-0.3, -0.25) is 9.69 Å². The van der Waals surface area contributed by atoms with Crippen LogP contribution in [0.3, 0.4) is 0 Å². The van der Waals surface area contributed by atoms with E-state index in [0.29, 0.717) is 24.4 Å². The van der Waals surface area contributed by atoms with Crippen LogP contribution in [0.1, 0.15) is 30.4 Å². The van der Waals surface area contributed by atoms with E-state index < -0.39 is 11.4 Å². The summed E-state index contributed by atoms with van der Waals surface area (Å²) in [5.74, 6) is 0.190. The van der Waals surface area contributed by atoms with Crippen molar-refractivity contribution in [2.45, 2.75) is 25.8 Å². The molecule has 1 aromatic carbocycles. The van der Waals surface area contributed by atoms with Gasteiger partial charge < -0.3 is 9.84 Å². The van der Waals surface area contributed by atoms with E-state index in [0.717, 1.165) is 31.4 Å². The fourth-order valence-electron chi connectivity index (χ4n) is 4.06. The second kappa shape index (κ2) is 5.62. The minimum atomic E-state index is -0.648. The molecule has 1 heterocycles. The van der Waals surface area contributed by atoms with Crippen LogP contribution in [0.4, 0.5) is 0 Å². The Labute approximate surface area is 130 Å². The average Bonchev–Trinajstić information content (AvgIpc) is 3.04. The lowest BCUT2D eigenvalue weighted by Crippen LogP contribution is -2.35. The van der Waals surface area contributed by atoms with Crippen LogP contribution in [-0.2, 0) is 11.3 Å². The molecule has 2 aliphatic rings. The van der Waals surface area contributed by atoms with Crippen molar-refractivity contribution in [2.75, 3.05) is 20.2 Å². The molecule has 3 rings (SSSR count). The molecule has 1 aromatic rings. The van der Waals surface area contributed by atoms with E-state index in [1.54, 1.807) is 13.2 Å². The van der Waals surface area contributed by atoms with Crippen LogP contribution < -0.4 is 4.74 Å². The molecule has 0 bridgehead atoms. The lowest BCUT2D eigenvalue weighted by Gasteiger charge is -2.23. The summed E-state index contributed by atoms with van der Waals surface area (Å²) in [6.45, 7) is 2.13. The molecule has 1 N–H and O–H groups in total. The first-order valence-corrected chi connectivity index (χ1v) is 7.62. The van der Waals surface area contributed by atoms with Gasteiger partial charge in [-0.2, -0.15) is 5.26 Å². The maximum Gasteiger partial charge on any atom is 0.311 e. The highest BCUT2D eigenvalue weighted by molar-refractivity contribution is 5.76. The Morgan fingerprint density at radius 2 is 2.41 bits per heavy atom. The number of carboxylic acid groups (broad SMARTS) is 1. The minimum absolute atomic E-state index is 0.263. The van der Waals surface area contributed by atoms with Gasteiger partial charge in [0, 0.05) is 19.6 Å². The van der Waals surface area contributed by atoms with E-state index in [1.165, 1.54) is 0 Å². The Kier molecular flexibility index (Phi) is 3.79. The molecule has 22 heavy (non-hydrogen) atoms. The Balaban J connectivity index is 1.76. The number of ether oxygens (including phenoxy) is 1. The van der Waals surface area contributed by atoms with Gasteiger partial charge in [0.1, 0.15) is 11.8 Å². The summed E-state index contributed by atoms with van der Waals surface area (Å²) in [4.78, 5) is 13.9. The zero-order valence-corrected chi connectivity index (χ0v) is 12.7. The summed E-state index contributed by atoms with van der Waals surface area (Å²) in [6, 6.07) is 7.72. The molecule has 2 atom stereocenters. The topological polar surface area (TPSA) is 73.6 Å². The molecule has 0 unspecified atom stereocenters. The van der Waals surface area contributed by atoms with Crippen molar-refractivity contribution in [3.05, 3.63) is 29.3 Å². The number of hydrogen-bond donors (Lipinski definition) is 1. The number of rotatable bonds is 4. The third kappa shape index (κ3) is 2.34. The monoisotopic (exact) mass is 300 g/mol. The maximum absolute atomic E-state index is 11.7. The second-order valence-corrected chi connectivity index (χ2v) is 6.37. The predicted octanol–water partition coefficient (Wildman–Crippen LogP) is 2.25. The van der Waals surface area contributed by atoms with E-state index in [-0.39, 0.29) is 5.92 Å². The fraction of sp³-hybridized carbons (Fsp3) is 0.529. The van der Waals surface area contributed by atoms with Crippen molar-refractivity contribution in [2.24, 2.45) is 11.3 Å². The van der Waals surface area contributed by atoms with E-state index in [2.05, 4.69) is 11.0 Å². The summed E-state index contributed by atoms with van der Waals surface area (Å²) >= 11 is 0. The standard InChI is InChI=1S/C17H20N2O3/c1-22-15-5-4-12(7-13(15)8-18)9-19-10-14-3-2-6-17(14,11-19)16(20)21/h4-5,7,14H,2-3,6,9-11H2,1H3,(H,20,21)/t14-,17+/m0/s1. The van der Waals surface area contributed by atoms with Crippen molar-refractivity contribution in [1.29, 1.82) is 5.26 Å². The maximum atomic E-state index is 11.7. The zero-order valence-electron chi connectivity index (χ0n) is 12.7. The Bertz CT molecular complexity index is 637. The predicted molar refractivity (Wildman–Crippen MR) is 80.4 cm³/mol. The number of benzene rings is 1. The third-order valence-electron chi connectivity index (χ3n) is 5.16. The molecule has 0 aromatic heterocycles. The van der Waals surface area contributed by atoms with Crippen molar-refractivity contribution in [3.63, 3.8) is 0 Å². The van der Waals surface area contributed by atoms with Gasteiger partial charge in [-0.25, -0.2) is 0 Å². The lowest BCUT2D eigenvalue weighted by molar-refractivity contribution is -0.149. The van der Waals surface area contributed by atoms with Crippen molar-refractivity contribution in [3.8, 4) is 11.8 Å². The lowest BCUT2D eigenvalue weighted by atomic mass is 9.81. The number of fused-ring (bicyclic) bond motifs is 1.